The summed E-state index contributed by atoms with van der Waals surface area (Å²) < 4.78 is 4.69. The SMILES string of the molecule is COC(=O)CN(C)Cc1cc(C(C)(C)C)ccc1C. The lowest BCUT2D eigenvalue weighted by molar-refractivity contribution is -0.141. The second-order valence-corrected chi connectivity index (χ2v) is 6.14. The minimum absolute atomic E-state index is 0.142. The number of aryl methyl sites for hydroxylation is 1. The molecule has 0 heterocycles. The highest BCUT2D eigenvalue weighted by Gasteiger charge is 2.15. The van der Waals surface area contributed by atoms with Crippen molar-refractivity contribution in [3.05, 3.63) is 34.9 Å². The van der Waals surface area contributed by atoms with Gasteiger partial charge in [0.05, 0.1) is 13.7 Å². The number of benzene rings is 1. The zero-order chi connectivity index (χ0) is 14.6. The van der Waals surface area contributed by atoms with E-state index in [-0.39, 0.29) is 11.4 Å². The van der Waals surface area contributed by atoms with Gasteiger partial charge >= 0.3 is 5.97 Å². The van der Waals surface area contributed by atoms with Crippen molar-refractivity contribution in [2.24, 2.45) is 0 Å². The molecule has 1 aromatic carbocycles. The Balaban J connectivity index is 2.85. The van der Waals surface area contributed by atoms with Crippen LogP contribution in [0.3, 0.4) is 0 Å². The van der Waals surface area contributed by atoms with Gasteiger partial charge < -0.3 is 4.74 Å². The molecule has 0 aliphatic rings. The fourth-order valence-corrected chi connectivity index (χ4v) is 1.94. The van der Waals surface area contributed by atoms with Crippen LogP contribution in [0.5, 0.6) is 0 Å². The molecule has 1 rings (SSSR count). The van der Waals surface area contributed by atoms with Crippen molar-refractivity contribution in [2.75, 3.05) is 20.7 Å². The van der Waals surface area contributed by atoms with E-state index in [1.54, 1.807) is 0 Å². The van der Waals surface area contributed by atoms with Gasteiger partial charge in [-0.15, -0.1) is 0 Å². The Hall–Kier alpha value is -1.35. The lowest BCUT2D eigenvalue weighted by Gasteiger charge is -2.22. The van der Waals surface area contributed by atoms with Crippen LogP contribution < -0.4 is 0 Å². The van der Waals surface area contributed by atoms with Gasteiger partial charge in [-0.2, -0.15) is 0 Å². The molecule has 0 spiro atoms. The van der Waals surface area contributed by atoms with Gasteiger partial charge in [0.1, 0.15) is 0 Å². The van der Waals surface area contributed by atoms with Crippen LogP contribution in [0.15, 0.2) is 18.2 Å². The minimum Gasteiger partial charge on any atom is -0.468 e. The maximum Gasteiger partial charge on any atom is 0.319 e. The van der Waals surface area contributed by atoms with Crippen molar-refractivity contribution in [3.8, 4) is 0 Å². The standard InChI is InChI=1S/C16H25NO2/c1-12-7-8-14(16(2,3)4)9-13(12)10-17(5)11-15(18)19-6/h7-9H,10-11H2,1-6H3. The van der Waals surface area contributed by atoms with Crippen molar-refractivity contribution < 1.29 is 9.53 Å². The molecule has 0 fully saturated rings. The van der Waals surface area contributed by atoms with Gasteiger partial charge in [-0.3, -0.25) is 9.69 Å². The smallest absolute Gasteiger partial charge is 0.319 e. The summed E-state index contributed by atoms with van der Waals surface area (Å²) in [6.07, 6.45) is 0. The van der Waals surface area contributed by atoms with Gasteiger partial charge in [0.25, 0.3) is 0 Å². The van der Waals surface area contributed by atoms with Crippen LogP contribution in [0, 0.1) is 6.92 Å². The van der Waals surface area contributed by atoms with Crippen molar-refractivity contribution in [3.63, 3.8) is 0 Å². The Morgan fingerprint density at radius 3 is 2.47 bits per heavy atom. The van der Waals surface area contributed by atoms with Crippen LogP contribution in [-0.2, 0) is 21.5 Å². The molecule has 0 N–H and O–H groups in total. The number of ether oxygens (including phenoxy) is 1. The summed E-state index contributed by atoms with van der Waals surface area (Å²) in [5, 5.41) is 0. The first-order valence-corrected chi connectivity index (χ1v) is 6.59. The largest absolute Gasteiger partial charge is 0.468 e. The third-order valence-electron chi connectivity index (χ3n) is 3.28. The van der Waals surface area contributed by atoms with Crippen molar-refractivity contribution in [1.29, 1.82) is 0 Å². The van der Waals surface area contributed by atoms with Crippen molar-refractivity contribution in [2.45, 2.75) is 39.7 Å². The molecule has 0 radical (unpaired) electrons. The maximum atomic E-state index is 11.3. The highest BCUT2D eigenvalue weighted by molar-refractivity contribution is 5.71. The van der Waals surface area contributed by atoms with E-state index in [1.807, 2.05) is 11.9 Å². The number of carbonyl (C=O) groups is 1. The molecular formula is C16H25NO2. The van der Waals surface area contributed by atoms with E-state index < -0.39 is 0 Å². The second kappa shape index (κ2) is 6.20. The quantitative estimate of drug-likeness (QED) is 0.782. The summed E-state index contributed by atoms with van der Waals surface area (Å²) in [6.45, 7) is 9.80. The first-order chi connectivity index (χ1) is 8.74. The zero-order valence-corrected chi connectivity index (χ0v) is 12.9. The van der Waals surface area contributed by atoms with E-state index in [9.17, 15) is 4.79 Å². The Labute approximate surface area is 116 Å². The van der Waals surface area contributed by atoms with E-state index in [1.165, 1.54) is 23.8 Å². The van der Waals surface area contributed by atoms with E-state index >= 15 is 0 Å². The third-order valence-corrected chi connectivity index (χ3v) is 3.28. The fourth-order valence-electron chi connectivity index (χ4n) is 1.94. The van der Waals surface area contributed by atoms with Crippen LogP contribution in [-0.4, -0.2) is 31.6 Å². The number of rotatable bonds is 4. The lowest BCUT2D eigenvalue weighted by Crippen LogP contribution is -2.26. The Morgan fingerprint density at radius 2 is 1.95 bits per heavy atom. The van der Waals surface area contributed by atoms with Crippen molar-refractivity contribution >= 4 is 5.97 Å². The number of hydrogen-bond acceptors (Lipinski definition) is 3. The van der Waals surface area contributed by atoms with E-state index in [0.29, 0.717) is 6.54 Å². The normalized spacial score (nSPS) is 11.7. The summed E-state index contributed by atoms with van der Waals surface area (Å²) in [6, 6.07) is 6.57. The number of likely N-dealkylation sites (N-methyl/N-ethyl adjacent to an activating group) is 1. The van der Waals surface area contributed by atoms with Crippen LogP contribution >= 0.6 is 0 Å². The van der Waals surface area contributed by atoms with Gasteiger partial charge in [0.2, 0.25) is 0 Å². The molecule has 19 heavy (non-hydrogen) atoms. The number of nitrogens with zero attached hydrogens (tertiary/aromatic N) is 1. The minimum atomic E-state index is -0.202. The Morgan fingerprint density at radius 1 is 1.32 bits per heavy atom. The molecule has 106 valence electrons. The molecule has 0 saturated heterocycles. The van der Waals surface area contributed by atoms with Crippen LogP contribution in [0.1, 0.15) is 37.5 Å². The summed E-state index contributed by atoms with van der Waals surface area (Å²) in [5.74, 6) is -0.202. The number of esters is 1. The summed E-state index contributed by atoms with van der Waals surface area (Å²) in [4.78, 5) is 13.2. The molecule has 3 nitrogen and oxygen atoms in total. The molecule has 0 saturated carbocycles. The Bertz CT molecular complexity index is 447. The van der Waals surface area contributed by atoms with E-state index in [0.717, 1.165) is 6.54 Å². The Kier molecular flexibility index (Phi) is 5.12. The van der Waals surface area contributed by atoms with Gasteiger partial charge in [-0.1, -0.05) is 39.0 Å². The van der Waals surface area contributed by atoms with Gasteiger partial charge in [-0.25, -0.2) is 0 Å². The molecule has 0 bridgehead atoms. The van der Waals surface area contributed by atoms with Gasteiger partial charge in [0.15, 0.2) is 0 Å². The molecule has 0 atom stereocenters. The average Bonchev–Trinajstić information content (AvgIpc) is 2.30. The second-order valence-electron chi connectivity index (χ2n) is 6.14. The predicted octanol–water partition coefficient (Wildman–Crippen LogP) is 2.90. The first kappa shape index (κ1) is 15.7. The van der Waals surface area contributed by atoms with E-state index in [2.05, 4.69) is 50.6 Å². The molecule has 0 amide bonds. The molecule has 0 unspecified atom stereocenters. The zero-order valence-electron chi connectivity index (χ0n) is 12.9. The van der Waals surface area contributed by atoms with E-state index in [4.69, 9.17) is 0 Å². The molecule has 3 heteroatoms. The number of hydrogen-bond donors (Lipinski definition) is 0. The molecule has 0 aromatic heterocycles. The van der Waals surface area contributed by atoms with Crippen molar-refractivity contribution in [1.82, 2.24) is 4.90 Å². The fraction of sp³-hybridized carbons (Fsp3) is 0.562. The molecular weight excluding hydrogens is 238 g/mol. The monoisotopic (exact) mass is 263 g/mol. The number of carbonyl (C=O) groups excluding carboxylic acids is 1. The third kappa shape index (κ3) is 4.67. The van der Waals surface area contributed by atoms with Gasteiger partial charge in [-0.05, 0) is 36.1 Å². The molecule has 1 aromatic rings. The predicted molar refractivity (Wildman–Crippen MR) is 78.2 cm³/mol. The first-order valence-electron chi connectivity index (χ1n) is 6.59. The number of methoxy groups -OCH3 is 1. The summed E-state index contributed by atoms with van der Waals surface area (Å²) in [5.41, 5.74) is 3.98. The molecule has 0 aliphatic heterocycles. The topological polar surface area (TPSA) is 29.5 Å². The maximum absolute atomic E-state index is 11.3. The highest BCUT2D eigenvalue weighted by atomic mass is 16.5. The van der Waals surface area contributed by atoms with Gasteiger partial charge in [0, 0.05) is 6.54 Å². The lowest BCUT2D eigenvalue weighted by atomic mass is 9.85. The average molecular weight is 263 g/mol. The molecule has 0 aliphatic carbocycles. The summed E-state index contributed by atoms with van der Waals surface area (Å²) in [7, 11) is 3.35. The highest BCUT2D eigenvalue weighted by Crippen LogP contribution is 2.24. The van der Waals surface area contributed by atoms with Crippen LogP contribution in [0.25, 0.3) is 0 Å². The van der Waals surface area contributed by atoms with Crippen LogP contribution in [0.2, 0.25) is 0 Å². The van der Waals surface area contributed by atoms with Crippen LogP contribution in [0.4, 0.5) is 0 Å². The summed E-state index contributed by atoms with van der Waals surface area (Å²) >= 11 is 0.